The zero-order valence-electron chi connectivity index (χ0n) is 19.6. The predicted octanol–water partition coefficient (Wildman–Crippen LogP) is 7.06. The first-order valence-electron chi connectivity index (χ1n) is 12.1. The van der Waals surface area contributed by atoms with Gasteiger partial charge in [0.15, 0.2) is 0 Å². The van der Waals surface area contributed by atoms with Crippen molar-refractivity contribution in [3.63, 3.8) is 0 Å². The van der Waals surface area contributed by atoms with Crippen molar-refractivity contribution in [2.24, 2.45) is 0 Å². The lowest BCUT2D eigenvalue weighted by Crippen LogP contribution is -2.29. The molecule has 5 rings (SSSR count). The molecule has 2 aromatic carbocycles. The van der Waals surface area contributed by atoms with Gasteiger partial charge in [-0.1, -0.05) is 31.0 Å². The molecule has 186 valence electrons. The summed E-state index contributed by atoms with van der Waals surface area (Å²) >= 11 is 1.62. The number of nitrogens with zero attached hydrogens (tertiary/aromatic N) is 2. The average molecular weight is 503 g/mol. The van der Waals surface area contributed by atoms with E-state index >= 15 is 0 Å². The van der Waals surface area contributed by atoms with Crippen LogP contribution in [0, 0.1) is 0 Å². The maximum atomic E-state index is 12.8. The molecule has 1 heterocycles. The standard InChI is InChI=1S/C26H29F3N4OS/c1-2-33-23(17-24(30-33)34-22-12-10-19(11-13-22)26(27,28)29)18-6-5-7-20(16-18)25(14-15-25)32-35-31-21-8-3-4-9-21/h5-7,10-13,16-17,21,31-32H,2-4,8-9,14-15H2,1H3. The van der Waals surface area contributed by atoms with Gasteiger partial charge in [-0.2, -0.15) is 13.2 Å². The Kier molecular flexibility index (Phi) is 6.83. The van der Waals surface area contributed by atoms with Crippen LogP contribution in [-0.4, -0.2) is 15.8 Å². The summed E-state index contributed by atoms with van der Waals surface area (Å²) in [5.74, 6) is 0.662. The third-order valence-corrected chi connectivity index (χ3v) is 7.69. The minimum Gasteiger partial charge on any atom is -0.438 e. The molecule has 0 radical (unpaired) electrons. The number of aromatic nitrogens is 2. The van der Waals surface area contributed by atoms with Crippen LogP contribution < -0.4 is 14.2 Å². The van der Waals surface area contributed by atoms with Gasteiger partial charge in [0.05, 0.1) is 16.8 Å². The second-order valence-corrected chi connectivity index (χ2v) is 9.92. The molecule has 0 bridgehead atoms. The summed E-state index contributed by atoms with van der Waals surface area (Å²) in [5.41, 5.74) is 2.44. The molecule has 5 nitrogen and oxygen atoms in total. The second kappa shape index (κ2) is 9.87. The number of alkyl halides is 3. The minimum atomic E-state index is -4.38. The van der Waals surface area contributed by atoms with E-state index in [2.05, 4.69) is 38.8 Å². The van der Waals surface area contributed by atoms with E-state index in [-0.39, 0.29) is 5.54 Å². The lowest BCUT2D eigenvalue weighted by atomic mass is 10.0. The summed E-state index contributed by atoms with van der Waals surface area (Å²) in [6.07, 6.45) is 2.90. The van der Waals surface area contributed by atoms with Gasteiger partial charge in [-0.25, -0.2) is 9.44 Å². The molecular weight excluding hydrogens is 473 g/mol. The van der Waals surface area contributed by atoms with E-state index in [9.17, 15) is 13.2 Å². The van der Waals surface area contributed by atoms with Crippen LogP contribution in [0.4, 0.5) is 13.2 Å². The number of benzene rings is 2. The first-order chi connectivity index (χ1) is 16.9. The van der Waals surface area contributed by atoms with E-state index in [0.29, 0.717) is 24.2 Å². The van der Waals surface area contributed by atoms with Crippen molar-refractivity contribution < 1.29 is 17.9 Å². The first kappa shape index (κ1) is 24.2. The van der Waals surface area contributed by atoms with Gasteiger partial charge in [0.2, 0.25) is 5.88 Å². The molecular formula is C26H29F3N4OS. The van der Waals surface area contributed by atoms with Crippen LogP contribution in [-0.2, 0) is 18.3 Å². The van der Waals surface area contributed by atoms with E-state index in [1.54, 1.807) is 12.1 Å². The molecule has 2 aliphatic carbocycles. The van der Waals surface area contributed by atoms with Gasteiger partial charge in [0.1, 0.15) is 5.75 Å². The van der Waals surface area contributed by atoms with E-state index in [1.807, 2.05) is 17.7 Å². The Morgan fingerprint density at radius 3 is 2.49 bits per heavy atom. The minimum absolute atomic E-state index is 0.0249. The van der Waals surface area contributed by atoms with Crippen molar-refractivity contribution in [2.45, 2.75) is 69.8 Å². The maximum absolute atomic E-state index is 12.8. The summed E-state index contributed by atoms with van der Waals surface area (Å²) in [6.45, 7) is 2.64. The van der Waals surface area contributed by atoms with Crippen molar-refractivity contribution in [2.75, 3.05) is 0 Å². The largest absolute Gasteiger partial charge is 0.438 e. The highest BCUT2D eigenvalue weighted by Gasteiger charge is 2.44. The number of hydrogen-bond acceptors (Lipinski definition) is 5. The highest BCUT2D eigenvalue weighted by atomic mass is 32.2. The van der Waals surface area contributed by atoms with E-state index < -0.39 is 11.7 Å². The fourth-order valence-corrected chi connectivity index (χ4v) is 5.53. The van der Waals surface area contributed by atoms with Crippen molar-refractivity contribution in [1.29, 1.82) is 0 Å². The molecule has 0 aliphatic heterocycles. The molecule has 2 saturated carbocycles. The normalized spacial score (nSPS) is 17.6. The SMILES string of the molecule is CCn1nc(Oc2ccc(C(F)(F)F)cc2)cc1-c1cccc(C2(NSNC3CCCC3)CC2)c1. The lowest BCUT2D eigenvalue weighted by molar-refractivity contribution is -0.137. The van der Waals surface area contributed by atoms with Crippen LogP contribution in [0.5, 0.6) is 11.6 Å². The summed E-state index contributed by atoms with van der Waals surface area (Å²) in [7, 11) is 0. The topological polar surface area (TPSA) is 51.1 Å². The monoisotopic (exact) mass is 502 g/mol. The van der Waals surface area contributed by atoms with Gasteiger partial charge < -0.3 is 4.74 Å². The molecule has 0 saturated heterocycles. The molecule has 0 atom stereocenters. The van der Waals surface area contributed by atoms with Crippen LogP contribution in [0.3, 0.4) is 0 Å². The number of aryl methyl sites for hydroxylation is 1. The van der Waals surface area contributed by atoms with E-state index in [0.717, 1.165) is 36.2 Å². The molecule has 0 amide bonds. The number of rotatable bonds is 9. The first-order valence-corrected chi connectivity index (χ1v) is 12.9. The smallest absolute Gasteiger partial charge is 0.416 e. The highest BCUT2D eigenvalue weighted by Crippen LogP contribution is 2.47. The second-order valence-electron chi connectivity index (χ2n) is 9.27. The number of ether oxygens (including phenoxy) is 1. The van der Waals surface area contributed by atoms with Gasteiger partial charge in [-0.05, 0) is 68.5 Å². The zero-order valence-corrected chi connectivity index (χ0v) is 20.4. The number of hydrogen-bond donors (Lipinski definition) is 2. The Bertz CT molecular complexity index is 1150. The Morgan fingerprint density at radius 2 is 1.83 bits per heavy atom. The summed E-state index contributed by atoms with van der Waals surface area (Å²) < 4.78 is 53.3. The summed E-state index contributed by atoms with van der Waals surface area (Å²) in [4.78, 5) is 0. The quantitative estimate of drug-likeness (QED) is 0.307. The third kappa shape index (κ3) is 5.52. The molecule has 0 spiro atoms. The predicted molar refractivity (Wildman–Crippen MR) is 132 cm³/mol. The van der Waals surface area contributed by atoms with Crippen molar-refractivity contribution in [3.05, 3.63) is 65.7 Å². The molecule has 9 heteroatoms. The maximum Gasteiger partial charge on any atom is 0.416 e. The van der Waals surface area contributed by atoms with Gasteiger partial charge in [-0.3, -0.25) is 4.68 Å². The van der Waals surface area contributed by atoms with Gasteiger partial charge in [-0.15, -0.1) is 5.10 Å². The molecule has 1 aromatic heterocycles. The van der Waals surface area contributed by atoms with Crippen LogP contribution in [0.2, 0.25) is 0 Å². The van der Waals surface area contributed by atoms with Gasteiger partial charge in [0, 0.05) is 36.4 Å². The van der Waals surface area contributed by atoms with Crippen molar-refractivity contribution in [3.8, 4) is 22.9 Å². The molecule has 2 fully saturated rings. The zero-order chi connectivity index (χ0) is 24.5. The molecule has 35 heavy (non-hydrogen) atoms. The fourth-order valence-electron chi connectivity index (χ4n) is 4.55. The molecule has 0 unspecified atom stereocenters. The summed E-state index contributed by atoms with van der Waals surface area (Å²) in [6, 6.07) is 15.5. The van der Waals surface area contributed by atoms with Crippen molar-refractivity contribution in [1.82, 2.24) is 19.2 Å². The molecule has 3 aromatic rings. The van der Waals surface area contributed by atoms with Crippen LogP contribution >= 0.6 is 12.1 Å². The van der Waals surface area contributed by atoms with Crippen LogP contribution in [0.1, 0.15) is 56.6 Å². The van der Waals surface area contributed by atoms with Gasteiger partial charge in [0.25, 0.3) is 0 Å². The molecule has 2 N–H and O–H groups in total. The Labute approximate surface area is 207 Å². The van der Waals surface area contributed by atoms with E-state index in [4.69, 9.17) is 4.74 Å². The third-order valence-electron chi connectivity index (χ3n) is 6.75. The average Bonchev–Trinajstić information content (AvgIpc) is 3.25. The number of halogens is 3. The summed E-state index contributed by atoms with van der Waals surface area (Å²) in [5, 5.41) is 4.52. The highest BCUT2D eigenvalue weighted by molar-refractivity contribution is 7.95. The fraction of sp³-hybridized carbons (Fsp3) is 0.423. The van der Waals surface area contributed by atoms with Gasteiger partial charge >= 0.3 is 6.18 Å². The lowest BCUT2D eigenvalue weighted by Gasteiger charge is -2.20. The van der Waals surface area contributed by atoms with Crippen LogP contribution in [0.25, 0.3) is 11.3 Å². The van der Waals surface area contributed by atoms with Crippen molar-refractivity contribution >= 4 is 12.1 Å². The molecule has 2 aliphatic rings. The van der Waals surface area contributed by atoms with E-state index in [1.165, 1.54) is 43.4 Å². The Balaban J connectivity index is 1.30. The van der Waals surface area contributed by atoms with Crippen LogP contribution in [0.15, 0.2) is 54.6 Å². The number of nitrogens with one attached hydrogen (secondary N) is 2. The Hall–Kier alpha value is -2.49. The Morgan fingerprint density at radius 1 is 1.09 bits per heavy atom.